The number of hydrogen-bond donors (Lipinski definition) is 1. The van der Waals surface area contributed by atoms with Crippen molar-refractivity contribution in [2.24, 2.45) is 5.41 Å². The number of nitrogens with zero attached hydrogens (tertiary/aromatic N) is 2. The third kappa shape index (κ3) is 3.83. The van der Waals surface area contributed by atoms with E-state index in [-0.39, 0.29) is 25.3 Å². The summed E-state index contributed by atoms with van der Waals surface area (Å²) >= 11 is 0. The molecule has 0 spiro atoms. The van der Waals surface area contributed by atoms with Gasteiger partial charge in [0.25, 0.3) is 17.6 Å². The van der Waals surface area contributed by atoms with E-state index in [1.807, 2.05) is 0 Å². The fourth-order valence-electron chi connectivity index (χ4n) is 2.99. The van der Waals surface area contributed by atoms with Crippen molar-refractivity contribution in [2.45, 2.75) is 20.3 Å². The van der Waals surface area contributed by atoms with Crippen molar-refractivity contribution in [1.29, 1.82) is 5.53 Å². The Labute approximate surface area is 166 Å². The molecular formula is C19H20N3O7+. The lowest BCUT2D eigenvalue weighted by molar-refractivity contribution is -0.168. The first-order valence-corrected chi connectivity index (χ1v) is 8.90. The summed E-state index contributed by atoms with van der Waals surface area (Å²) in [4.78, 5) is 67.2. The molecule has 0 saturated carbocycles. The lowest BCUT2D eigenvalue weighted by atomic mass is 9.79. The van der Waals surface area contributed by atoms with E-state index in [9.17, 15) is 24.0 Å². The van der Waals surface area contributed by atoms with Gasteiger partial charge in [0, 0.05) is 12.1 Å². The molecule has 10 heteroatoms. The molecule has 1 aromatic carbocycles. The van der Waals surface area contributed by atoms with Crippen LogP contribution in [0.1, 0.15) is 30.6 Å². The first-order chi connectivity index (χ1) is 13.8. The highest BCUT2D eigenvalue weighted by Gasteiger charge is 2.65. The van der Waals surface area contributed by atoms with Gasteiger partial charge in [0.05, 0.1) is 23.5 Å². The van der Waals surface area contributed by atoms with Crippen LogP contribution in [0.2, 0.25) is 0 Å². The van der Waals surface area contributed by atoms with Gasteiger partial charge in [-0.1, -0.05) is 18.2 Å². The molecule has 1 saturated heterocycles. The van der Waals surface area contributed by atoms with Crippen LogP contribution < -0.4 is 0 Å². The van der Waals surface area contributed by atoms with Crippen LogP contribution in [0.5, 0.6) is 0 Å². The number of hydrogen-bond acceptors (Lipinski definition) is 8. The van der Waals surface area contributed by atoms with E-state index in [0.29, 0.717) is 0 Å². The Bertz CT molecular complexity index is 906. The Morgan fingerprint density at radius 2 is 1.72 bits per heavy atom. The fraction of sp³-hybridized carbons (Fsp3) is 0.368. The Hall–Kier alpha value is -3.65. The van der Waals surface area contributed by atoms with Gasteiger partial charge >= 0.3 is 17.7 Å². The van der Waals surface area contributed by atoms with E-state index in [2.05, 4.69) is 9.53 Å². The molecule has 2 amide bonds. The van der Waals surface area contributed by atoms with E-state index >= 15 is 0 Å². The summed E-state index contributed by atoms with van der Waals surface area (Å²) in [6, 6.07) is 7.85. The lowest BCUT2D eigenvalue weighted by Gasteiger charge is -2.21. The maximum atomic E-state index is 13.1. The number of carbonyl (C=O) groups is 5. The SMILES string of the molecule is CCOC(=O)C(=[N+]=N)C(=O)C1(C(=O)OCC)CCN(C(=O)c2ccccc2)C1=O. The molecule has 1 aliphatic rings. The molecule has 1 heterocycles. The second-order valence-corrected chi connectivity index (χ2v) is 6.01. The van der Waals surface area contributed by atoms with Gasteiger partial charge < -0.3 is 9.47 Å². The van der Waals surface area contributed by atoms with Crippen molar-refractivity contribution >= 4 is 35.2 Å². The van der Waals surface area contributed by atoms with Crippen LogP contribution in [0.25, 0.3) is 0 Å². The minimum absolute atomic E-state index is 0.107. The number of ketones is 1. The summed E-state index contributed by atoms with van der Waals surface area (Å²) in [7, 11) is 0. The van der Waals surface area contributed by atoms with E-state index in [1.165, 1.54) is 26.0 Å². The Morgan fingerprint density at radius 3 is 2.28 bits per heavy atom. The van der Waals surface area contributed by atoms with Crippen LogP contribution in [-0.4, -0.2) is 64.7 Å². The lowest BCUT2D eigenvalue weighted by Crippen LogP contribution is -2.52. The van der Waals surface area contributed by atoms with Crippen molar-refractivity contribution in [3.05, 3.63) is 35.9 Å². The average Bonchev–Trinajstić information content (AvgIpc) is 3.07. The summed E-state index contributed by atoms with van der Waals surface area (Å²) in [6.07, 6.45) is -0.402. The molecule has 1 atom stereocenters. The van der Waals surface area contributed by atoms with Crippen LogP contribution in [0.15, 0.2) is 30.3 Å². The molecule has 10 nitrogen and oxygen atoms in total. The highest BCUT2D eigenvalue weighted by Crippen LogP contribution is 2.36. The number of ether oxygens (including phenoxy) is 2. The number of Topliss-reactive ketones (excluding diaryl/α,β-unsaturated/α-hetero) is 1. The van der Waals surface area contributed by atoms with E-state index in [4.69, 9.17) is 10.3 Å². The summed E-state index contributed by atoms with van der Waals surface area (Å²) < 4.78 is 9.59. The van der Waals surface area contributed by atoms with Gasteiger partial charge in [-0.3, -0.25) is 24.1 Å². The molecule has 1 aromatic rings. The van der Waals surface area contributed by atoms with Gasteiger partial charge in [0.15, 0.2) is 0 Å². The molecule has 1 fully saturated rings. The number of carbonyl (C=O) groups excluding carboxylic acids is 5. The molecule has 0 aromatic heterocycles. The second-order valence-electron chi connectivity index (χ2n) is 6.01. The molecule has 0 aliphatic carbocycles. The third-order valence-corrected chi connectivity index (χ3v) is 4.39. The molecule has 0 radical (unpaired) electrons. The molecule has 0 bridgehead atoms. The predicted octanol–water partition coefficient (Wildman–Crippen LogP) is 0.421. The number of imide groups is 1. The summed E-state index contributed by atoms with van der Waals surface area (Å²) in [5.41, 5.74) is 3.85. The molecule has 1 N–H and O–H groups in total. The zero-order valence-corrected chi connectivity index (χ0v) is 16.0. The number of amides is 2. The maximum Gasteiger partial charge on any atom is 0.492 e. The highest BCUT2D eigenvalue weighted by atomic mass is 16.5. The zero-order chi connectivity index (χ0) is 21.6. The molecule has 1 aliphatic heterocycles. The monoisotopic (exact) mass is 402 g/mol. The number of nitrogens with one attached hydrogen (secondary N) is 1. The van der Waals surface area contributed by atoms with Crippen molar-refractivity contribution in [3.8, 4) is 0 Å². The van der Waals surface area contributed by atoms with Crippen molar-refractivity contribution in [2.75, 3.05) is 19.8 Å². The van der Waals surface area contributed by atoms with Gasteiger partial charge in [-0.05, 0) is 32.4 Å². The molecule has 1 unspecified atom stereocenters. The topological polar surface area (TPSA) is 145 Å². The molecule has 152 valence electrons. The molecular weight excluding hydrogens is 382 g/mol. The Morgan fingerprint density at radius 1 is 1.10 bits per heavy atom. The van der Waals surface area contributed by atoms with Crippen LogP contribution in [0.3, 0.4) is 0 Å². The predicted molar refractivity (Wildman–Crippen MR) is 95.8 cm³/mol. The summed E-state index contributed by atoms with van der Waals surface area (Å²) in [5, 5.41) is 0. The number of esters is 2. The van der Waals surface area contributed by atoms with Crippen molar-refractivity contribution in [3.63, 3.8) is 0 Å². The number of rotatable bonds is 7. The van der Waals surface area contributed by atoms with Gasteiger partial charge in [0.1, 0.15) is 0 Å². The largest absolute Gasteiger partial charge is 0.492 e. The number of benzene rings is 1. The smallest absolute Gasteiger partial charge is 0.465 e. The first kappa shape index (κ1) is 21.6. The Balaban J connectivity index is 2.48. The van der Waals surface area contributed by atoms with E-state index < -0.39 is 47.1 Å². The zero-order valence-electron chi connectivity index (χ0n) is 16.0. The average molecular weight is 402 g/mol. The van der Waals surface area contributed by atoms with Gasteiger partial charge in [0.2, 0.25) is 5.41 Å². The fourth-order valence-corrected chi connectivity index (χ4v) is 2.99. The minimum atomic E-state index is -2.48. The highest BCUT2D eigenvalue weighted by molar-refractivity contribution is 6.66. The second kappa shape index (κ2) is 9.03. The Kier molecular flexibility index (Phi) is 6.74. The minimum Gasteiger partial charge on any atom is -0.465 e. The number of likely N-dealkylation sites (tertiary alicyclic amines) is 1. The summed E-state index contributed by atoms with van der Waals surface area (Å²) in [5.74, 6) is -5.59. The van der Waals surface area contributed by atoms with Crippen LogP contribution in [-0.2, 0) is 28.7 Å². The van der Waals surface area contributed by atoms with E-state index in [0.717, 1.165) is 4.90 Å². The third-order valence-electron chi connectivity index (χ3n) is 4.39. The van der Waals surface area contributed by atoms with Gasteiger partial charge in [-0.2, -0.15) is 0 Å². The van der Waals surface area contributed by atoms with Crippen molar-refractivity contribution < 1.29 is 38.2 Å². The first-order valence-electron chi connectivity index (χ1n) is 8.90. The van der Waals surface area contributed by atoms with Crippen LogP contribution in [0, 0.1) is 10.9 Å². The van der Waals surface area contributed by atoms with E-state index in [1.54, 1.807) is 18.2 Å². The molecule has 29 heavy (non-hydrogen) atoms. The van der Waals surface area contributed by atoms with Crippen molar-refractivity contribution in [1.82, 2.24) is 4.90 Å². The standard InChI is InChI=1S/C19H20N3O7/c1-3-28-16(25)13(21-20)14(23)19(18(27)29-4-2)10-11-22(17(19)26)15(24)12-8-6-5-7-9-12/h5-9,20H,3-4,10-11H2,1-2H3/q+1. The quantitative estimate of drug-likeness (QED) is 0.174. The summed E-state index contributed by atoms with van der Waals surface area (Å²) in [6.45, 7) is 2.47. The van der Waals surface area contributed by atoms with Gasteiger partial charge in [-0.25, -0.2) is 4.79 Å². The van der Waals surface area contributed by atoms with Gasteiger partial charge in [-0.15, -0.1) is 0 Å². The maximum absolute atomic E-state index is 13.1. The molecule has 2 rings (SSSR count). The van der Waals surface area contributed by atoms with Crippen LogP contribution >= 0.6 is 0 Å². The normalized spacial score (nSPS) is 18.0. The van der Waals surface area contributed by atoms with Crippen LogP contribution in [0.4, 0.5) is 0 Å².